The number of aryl methyl sites for hydroxylation is 1. The van der Waals surface area contributed by atoms with Crippen molar-refractivity contribution in [2.75, 3.05) is 12.4 Å². The fourth-order valence-electron chi connectivity index (χ4n) is 3.80. The van der Waals surface area contributed by atoms with Gasteiger partial charge in [0.2, 0.25) is 0 Å². The van der Waals surface area contributed by atoms with E-state index in [9.17, 15) is 0 Å². The molecule has 158 valence electrons. The van der Waals surface area contributed by atoms with Gasteiger partial charge in [0.05, 0.1) is 24.7 Å². The lowest BCUT2D eigenvalue weighted by Gasteiger charge is -2.13. The molecule has 1 N–H and O–H groups in total. The van der Waals surface area contributed by atoms with Gasteiger partial charge in [0.25, 0.3) is 0 Å². The van der Waals surface area contributed by atoms with E-state index < -0.39 is 0 Å². The minimum atomic E-state index is 0.744. The zero-order valence-corrected chi connectivity index (χ0v) is 18.2. The highest BCUT2D eigenvalue weighted by Gasteiger charge is 2.11. The quantitative estimate of drug-likeness (QED) is 0.391. The number of rotatable bonds is 5. The fraction of sp³-hybridized carbons (Fsp3) is 0.115. The number of ether oxygens (including phenoxy) is 1. The summed E-state index contributed by atoms with van der Waals surface area (Å²) in [5.41, 5.74) is 5.22. The lowest BCUT2D eigenvalue weighted by atomic mass is 10.0. The van der Waals surface area contributed by atoms with Gasteiger partial charge in [0.1, 0.15) is 17.4 Å². The number of nitrogens with one attached hydrogen (secondary N) is 1. The predicted molar refractivity (Wildman–Crippen MR) is 128 cm³/mol. The third-order valence-corrected chi connectivity index (χ3v) is 5.72. The average Bonchev–Trinajstić information content (AvgIpc) is 3.17. The molecule has 0 unspecified atom stereocenters. The van der Waals surface area contributed by atoms with Gasteiger partial charge in [-0.2, -0.15) is 0 Å². The van der Waals surface area contributed by atoms with E-state index in [2.05, 4.69) is 55.2 Å². The third kappa shape index (κ3) is 3.67. The number of methoxy groups -OCH3 is 1. The summed E-state index contributed by atoms with van der Waals surface area (Å²) in [7, 11) is 3.68. The highest BCUT2D eigenvalue weighted by Crippen LogP contribution is 2.33. The van der Waals surface area contributed by atoms with Gasteiger partial charge < -0.3 is 14.6 Å². The van der Waals surface area contributed by atoms with E-state index in [1.165, 1.54) is 0 Å². The molecule has 0 aliphatic carbocycles. The van der Waals surface area contributed by atoms with Crippen molar-refractivity contribution in [1.29, 1.82) is 0 Å². The molecular formula is C26H23N5O. The molecule has 2 aromatic carbocycles. The largest absolute Gasteiger partial charge is 0.495 e. The Morgan fingerprint density at radius 2 is 1.62 bits per heavy atom. The first-order valence-corrected chi connectivity index (χ1v) is 10.4. The standard InChI is InChI=1S/C26H23N5O/c1-17-28-16-24(31(17)2)20-6-7-23(25(13-20)32-3)30-26-14-22-12-19(4-5-21(22)15-29-26)18-8-10-27-11-9-18/h4-16H,1-3H3,(H,29,30). The zero-order valence-electron chi connectivity index (χ0n) is 18.2. The molecule has 0 saturated carbocycles. The van der Waals surface area contributed by atoms with Crippen molar-refractivity contribution in [3.05, 3.63) is 85.2 Å². The second-order valence-corrected chi connectivity index (χ2v) is 7.66. The van der Waals surface area contributed by atoms with Crippen LogP contribution in [0.2, 0.25) is 0 Å². The number of imidazole rings is 1. The second-order valence-electron chi connectivity index (χ2n) is 7.66. The van der Waals surface area contributed by atoms with Gasteiger partial charge in [0.15, 0.2) is 0 Å². The number of nitrogens with zero attached hydrogens (tertiary/aromatic N) is 4. The molecule has 6 nitrogen and oxygen atoms in total. The Bertz CT molecular complexity index is 1410. The predicted octanol–water partition coefficient (Wildman–Crippen LogP) is 5.76. The molecule has 5 rings (SSSR count). The lowest BCUT2D eigenvalue weighted by Crippen LogP contribution is -1.98. The summed E-state index contributed by atoms with van der Waals surface area (Å²) in [6.07, 6.45) is 7.37. The Morgan fingerprint density at radius 3 is 2.38 bits per heavy atom. The summed E-state index contributed by atoms with van der Waals surface area (Å²) in [5.74, 6) is 2.47. The van der Waals surface area contributed by atoms with Crippen molar-refractivity contribution in [1.82, 2.24) is 19.5 Å². The normalized spacial score (nSPS) is 11.0. The molecule has 0 aliphatic heterocycles. The molecule has 0 spiro atoms. The van der Waals surface area contributed by atoms with Crippen molar-refractivity contribution < 1.29 is 4.74 Å². The molecule has 0 aliphatic rings. The maximum Gasteiger partial charge on any atom is 0.143 e. The van der Waals surface area contributed by atoms with E-state index in [4.69, 9.17) is 4.74 Å². The van der Waals surface area contributed by atoms with Gasteiger partial charge in [-0.05, 0) is 59.8 Å². The van der Waals surface area contributed by atoms with Crippen LogP contribution in [0.4, 0.5) is 11.5 Å². The van der Waals surface area contributed by atoms with E-state index in [-0.39, 0.29) is 0 Å². The highest BCUT2D eigenvalue weighted by atomic mass is 16.5. The van der Waals surface area contributed by atoms with Gasteiger partial charge in [-0.3, -0.25) is 4.98 Å². The summed E-state index contributed by atoms with van der Waals surface area (Å²) in [6, 6.07) is 18.5. The molecule has 3 aromatic heterocycles. The zero-order chi connectivity index (χ0) is 22.1. The van der Waals surface area contributed by atoms with Crippen molar-refractivity contribution in [2.45, 2.75) is 6.92 Å². The van der Waals surface area contributed by atoms with E-state index in [1.807, 2.05) is 63.0 Å². The minimum absolute atomic E-state index is 0.744. The van der Waals surface area contributed by atoms with Crippen LogP contribution in [-0.2, 0) is 7.05 Å². The molecule has 0 amide bonds. The van der Waals surface area contributed by atoms with Gasteiger partial charge in [0, 0.05) is 36.6 Å². The molecule has 0 radical (unpaired) electrons. The summed E-state index contributed by atoms with van der Waals surface area (Å²) in [4.78, 5) is 13.1. The van der Waals surface area contributed by atoms with Crippen molar-refractivity contribution >= 4 is 22.3 Å². The number of anilines is 2. The molecule has 5 aromatic rings. The topological polar surface area (TPSA) is 64.9 Å². The van der Waals surface area contributed by atoms with Crippen molar-refractivity contribution in [3.8, 4) is 28.1 Å². The number of fused-ring (bicyclic) bond motifs is 1. The molecule has 3 heterocycles. The molecule has 0 saturated heterocycles. The van der Waals surface area contributed by atoms with Crippen LogP contribution < -0.4 is 10.1 Å². The van der Waals surface area contributed by atoms with Crippen LogP contribution in [-0.4, -0.2) is 26.6 Å². The fourth-order valence-corrected chi connectivity index (χ4v) is 3.80. The second kappa shape index (κ2) is 8.15. The number of hydrogen-bond acceptors (Lipinski definition) is 5. The van der Waals surface area contributed by atoms with E-state index in [1.54, 1.807) is 7.11 Å². The van der Waals surface area contributed by atoms with E-state index in [0.717, 1.165) is 56.2 Å². The minimum Gasteiger partial charge on any atom is -0.495 e. The number of hydrogen-bond donors (Lipinski definition) is 1. The SMILES string of the molecule is COc1cc(-c2cnc(C)n2C)ccc1Nc1cc2cc(-c3ccncc3)ccc2cn1. The van der Waals surface area contributed by atoms with Crippen molar-refractivity contribution in [2.24, 2.45) is 7.05 Å². The summed E-state index contributed by atoms with van der Waals surface area (Å²) < 4.78 is 7.73. The summed E-state index contributed by atoms with van der Waals surface area (Å²) in [5, 5.41) is 5.60. The monoisotopic (exact) mass is 421 g/mol. The Hall–Kier alpha value is -4.19. The van der Waals surface area contributed by atoms with Crippen LogP contribution >= 0.6 is 0 Å². The number of benzene rings is 2. The first kappa shape index (κ1) is 19.8. The Kier molecular flexibility index (Phi) is 5.03. The maximum atomic E-state index is 5.66. The third-order valence-electron chi connectivity index (χ3n) is 5.72. The number of aromatic nitrogens is 4. The molecule has 32 heavy (non-hydrogen) atoms. The Labute approximate surface area is 186 Å². The highest BCUT2D eigenvalue weighted by molar-refractivity contribution is 5.89. The van der Waals surface area contributed by atoms with Crippen LogP contribution in [0.25, 0.3) is 33.2 Å². The van der Waals surface area contributed by atoms with Gasteiger partial charge in [-0.25, -0.2) is 9.97 Å². The van der Waals surface area contributed by atoms with Crippen LogP contribution in [0, 0.1) is 6.92 Å². The van der Waals surface area contributed by atoms with Crippen LogP contribution in [0.1, 0.15) is 5.82 Å². The molecule has 0 atom stereocenters. The maximum absolute atomic E-state index is 5.66. The lowest BCUT2D eigenvalue weighted by molar-refractivity contribution is 0.417. The van der Waals surface area contributed by atoms with Crippen LogP contribution in [0.15, 0.2) is 79.4 Å². The molecule has 6 heteroatoms. The number of pyridine rings is 2. The summed E-state index contributed by atoms with van der Waals surface area (Å²) in [6.45, 7) is 1.99. The molecule has 0 fully saturated rings. The first-order chi connectivity index (χ1) is 15.6. The molecular weight excluding hydrogens is 398 g/mol. The molecule has 0 bridgehead atoms. The Morgan fingerprint density at radius 1 is 0.812 bits per heavy atom. The first-order valence-electron chi connectivity index (χ1n) is 10.4. The van der Waals surface area contributed by atoms with Crippen LogP contribution in [0.5, 0.6) is 5.75 Å². The van der Waals surface area contributed by atoms with Gasteiger partial charge >= 0.3 is 0 Å². The smallest absolute Gasteiger partial charge is 0.143 e. The van der Waals surface area contributed by atoms with Crippen molar-refractivity contribution in [3.63, 3.8) is 0 Å². The van der Waals surface area contributed by atoms with Gasteiger partial charge in [-0.1, -0.05) is 18.2 Å². The van der Waals surface area contributed by atoms with Crippen LogP contribution in [0.3, 0.4) is 0 Å². The Balaban J connectivity index is 1.47. The summed E-state index contributed by atoms with van der Waals surface area (Å²) >= 11 is 0. The van der Waals surface area contributed by atoms with Gasteiger partial charge in [-0.15, -0.1) is 0 Å². The average molecular weight is 422 g/mol. The van der Waals surface area contributed by atoms with E-state index in [0.29, 0.717) is 0 Å². The van der Waals surface area contributed by atoms with E-state index >= 15 is 0 Å².